The molecule has 0 saturated heterocycles. The lowest BCUT2D eigenvalue weighted by Crippen LogP contribution is -2.07. The van der Waals surface area contributed by atoms with Gasteiger partial charge in [0.1, 0.15) is 18.1 Å². The molecule has 0 bridgehead atoms. The predicted molar refractivity (Wildman–Crippen MR) is 181 cm³/mol. The molecule has 4 rings (SSSR count). The fourth-order valence-corrected chi connectivity index (χ4v) is 6.06. The standard InChI is InChI=1S/C37H44N2O5S/c1-5-8-21-42-22-23-44-34-16-12-30(13-17-34)31-14-20-37(43-7-3)32(25-31)11-15-33(40)24-29-9-18-35(19-10-29)45(41)26-36-28(4)38-27-39(36)6-2/h9-20,25,27H,5-8,21-24,26H2,1-4H3/b15-11+. The van der Waals surface area contributed by atoms with E-state index in [9.17, 15) is 9.00 Å². The summed E-state index contributed by atoms with van der Waals surface area (Å²) < 4.78 is 32.2. The van der Waals surface area contributed by atoms with Crippen LogP contribution in [0.4, 0.5) is 0 Å². The minimum absolute atomic E-state index is 0.0284. The molecule has 0 aliphatic rings. The first-order valence-corrected chi connectivity index (χ1v) is 17.0. The Morgan fingerprint density at radius 1 is 0.911 bits per heavy atom. The Morgan fingerprint density at radius 2 is 1.67 bits per heavy atom. The van der Waals surface area contributed by atoms with Crippen LogP contribution in [0.5, 0.6) is 11.5 Å². The molecule has 1 aromatic heterocycles. The number of ether oxygens (including phenoxy) is 3. The van der Waals surface area contributed by atoms with Crippen molar-refractivity contribution in [2.45, 2.75) is 64.2 Å². The number of aromatic nitrogens is 2. The number of hydrogen-bond donors (Lipinski definition) is 0. The second-order valence-electron chi connectivity index (χ2n) is 10.7. The van der Waals surface area contributed by atoms with E-state index < -0.39 is 10.8 Å². The van der Waals surface area contributed by atoms with Gasteiger partial charge in [0.05, 0.1) is 47.5 Å². The van der Waals surface area contributed by atoms with Gasteiger partial charge < -0.3 is 18.8 Å². The van der Waals surface area contributed by atoms with E-state index in [1.807, 2.05) is 98.1 Å². The number of carbonyl (C=O) groups excluding carboxylic acids is 1. The number of carbonyl (C=O) groups is 1. The van der Waals surface area contributed by atoms with Crippen LogP contribution in [0.2, 0.25) is 0 Å². The van der Waals surface area contributed by atoms with Crippen LogP contribution in [0.3, 0.4) is 0 Å². The third kappa shape index (κ3) is 9.99. The molecule has 0 aliphatic carbocycles. The molecule has 7 nitrogen and oxygen atoms in total. The second kappa shape index (κ2) is 17.5. The maximum absolute atomic E-state index is 13.0. The van der Waals surface area contributed by atoms with Crippen molar-refractivity contribution in [3.63, 3.8) is 0 Å². The summed E-state index contributed by atoms with van der Waals surface area (Å²) in [6.45, 7) is 11.2. The number of aryl methyl sites for hydroxylation is 2. The zero-order chi connectivity index (χ0) is 32.0. The highest BCUT2D eigenvalue weighted by Gasteiger charge is 2.13. The lowest BCUT2D eigenvalue weighted by molar-refractivity contribution is -0.113. The van der Waals surface area contributed by atoms with E-state index in [-0.39, 0.29) is 12.2 Å². The molecule has 1 heterocycles. The molecule has 8 heteroatoms. The SMILES string of the molecule is CCCCOCCOc1ccc(-c2ccc(OCC)c(/C=C/C(=O)Cc3ccc(S(=O)Cc4c(C)ncn4CC)cc3)c2)cc1. The molecule has 4 aromatic rings. The average Bonchev–Trinajstić information content (AvgIpc) is 3.41. The number of hydrogen-bond acceptors (Lipinski definition) is 6. The first-order valence-electron chi connectivity index (χ1n) is 15.7. The monoisotopic (exact) mass is 628 g/mol. The molecule has 0 radical (unpaired) electrons. The van der Waals surface area contributed by atoms with Crippen LogP contribution in [0.15, 0.2) is 84.0 Å². The molecule has 3 aromatic carbocycles. The van der Waals surface area contributed by atoms with Crippen LogP contribution in [-0.2, 0) is 39.0 Å². The maximum atomic E-state index is 13.0. The molecule has 45 heavy (non-hydrogen) atoms. The Balaban J connectivity index is 1.37. The van der Waals surface area contributed by atoms with Crippen LogP contribution >= 0.6 is 0 Å². The molecule has 238 valence electrons. The predicted octanol–water partition coefficient (Wildman–Crippen LogP) is 7.61. The number of rotatable bonds is 18. The normalized spacial score (nSPS) is 12.0. The van der Waals surface area contributed by atoms with Gasteiger partial charge in [0.2, 0.25) is 0 Å². The lowest BCUT2D eigenvalue weighted by Gasteiger charge is -2.11. The van der Waals surface area contributed by atoms with Gasteiger partial charge in [-0.15, -0.1) is 0 Å². The molecular formula is C37H44N2O5S. The highest BCUT2D eigenvalue weighted by atomic mass is 32.2. The van der Waals surface area contributed by atoms with Crippen molar-refractivity contribution < 1.29 is 23.2 Å². The quantitative estimate of drug-likeness (QED) is 0.0834. The summed E-state index contributed by atoms with van der Waals surface area (Å²) in [7, 11) is -1.20. The Bertz CT molecular complexity index is 1580. The van der Waals surface area contributed by atoms with Crippen LogP contribution in [0, 0.1) is 6.92 Å². The van der Waals surface area contributed by atoms with Crippen molar-refractivity contribution in [1.29, 1.82) is 0 Å². The van der Waals surface area contributed by atoms with Gasteiger partial charge in [-0.25, -0.2) is 4.98 Å². The summed E-state index contributed by atoms with van der Waals surface area (Å²) >= 11 is 0. The van der Waals surface area contributed by atoms with Gasteiger partial charge in [-0.05, 0) is 92.4 Å². The van der Waals surface area contributed by atoms with E-state index in [2.05, 4.69) is 11.9 Å². The van der Waals surface area contributed by atoms with E-state index in [0.29, 0.717) is 25.6 Å². The van der Waals surface area contributed by atoms with Crippen molar-refractivity contribution in [2.75, 3.05) is 26.4 Å². The molecule has 1 atom stereocenters. The smallest absolute Gasteiger partial charge is 0.160 e. The number of unbranched alkanes of at least 4 members (excludes halogenated alkanes) is 1. The fraction of sp³-hybridized carbons (Fsp3) is 0.351. The average molecular weight is 629 g/mol. The minimum Gasteiger partial charge on any atom is -0.493 e. The van der Waals surface area contributed by atoms with Gasteiger partial charge >= 0.3 is 0 Å². The number of nitrogens with zero attached hydrogens (tertiary/aromatic N) is 2. The van der Waals surface area contributed by atoms with Crippen LogP contribution in [0.25, 0.3) is 17.2 Å². The summed E-state index contributed by atoms with van der Waals surface area (Å²) in [6.07, 6.45) is 7.64. The topological polar surface area (TPSA) is 79.7 Å². The van der Waals surface area contributed by atoms with Crippen molar-refractivity contribution in [3.05, 3.63) is 102 Å². The first kappa shape index (κ1) is 33.9. The number of imidazole rings is 1. The van der Waals surface area contributed by atoms with Gasteiger partial charge in [-0.2, -0.15) is 0 Å². The molecule has 0 N–H and O–H groups in total. The Morgan fingerprint density at radius 3 is 2.38 bits per heavy atom. The zero-order valence-corrected chi connectivity index (χ0v) is 27.6. The Hall–Kier alpha value is -4.01. The maximum Gasteiger partial charge on any atom is 0.160 e. The van der Waals surface area contributed by atoms with E-state index in [0.717, 1.165) is 76.0 Å². The second-order valence-corrected chi connectivity index (χ2v) is 12.1. The van der Waals surface area contributed by atoms with Crippen molar-refractivity contribution in [2.24, 2.45) is 0 Å². The molecule has 0 amide bonds. The van der Waals surface area contributed by atoms with Crippen molar-refractivity contribution in [3.8, 4) is 22.6 Å². The molecular weight excluding hydrogens is 584 g/mol. The van der Waals surface area contributed by atoms with Gasteiger partial charge in [-0.1, -0.05) is 43.7 Å². The summed E-state index contributed by atoms with van der Waals surface area (Å²) in [5.41, 5.74) is 5.65. The summed E-state index contributed by atoms with van der Waals surface area (Å²) in [6, 6.07) is 21.4. The molecule has 1 unspecified atom stereocenters. The lowest BCUT2D eigenvalue weighted by atomic mass is 10.0. The van der Waals surface area contributed by atoms with E-state index in [1.54, 1.807) is 12.4 Å². The molecule has 0 spiro atoms. The van der Waals surface area contributed by atoms with Crippen molar-refractivity contribution >= 4 is 22.7 Å². The molecule has 0 aliphatic heterocycles. The van der Waals surface area contributed by atoms with Gasteiger partial charge in [0.15, 0.2) is 5.78 Å². The van der Waals surface area contributed by atoms with Crippen LogP contribution in [0.1, 0.15) is 56.1 Å². The highest BCUT2D eigenvalue weighted by molar-refractivity contribution is 7.84. The summed E-state index contributed by atoms with van der Waals surface area (Å²) in [5, 5.41) is 0. The highest BCUT2D eigenvalue weighted by Crippen LogP contribution is 2.29. The number of allylic oxidation sites excluding steroid dienone is 1. The third-order valence-corrected chi connectivity index (χ3v) is 8.75. The van der Waals surface area contributed by atoms with Gasteiger partial charge in [0.25, 0.3) is 0 Å². The fourth-order valence-electron chi connectivity index (χ4n) is 4.83. The van der Waals surface area contributed by atoms with Gasteiger partial charge in [0, 0.05) is 30.0 Å². The number of benzene rings is 3. The van der Waals surface area contributed by atoms with E-state index in [1.165, 1.54) is 0 Å². The minimum atomic E-state index is -1.20. The van der Waals surface area contributed by atoms with E-state index in [4.69, 9.17) is 14.2 Å². The zero-order valence-electron chi connectivity index (χ0n) is 26.8. The Kier molecular flexibility index (Phi) is 13.2. The summed E-state index contributed by atoms with van der Waals surface area (Å²) in [5.74, 6) is 1.90. The summed E-state index contributed by atoms with van der Waals surface area (Å²) in [4.78, 5) is 18.0. The molecule has 0 saturated carbocycles. The third-order valence-electron chi connectivity index (χ3n) is 7.41. The largest absolute Gasteiger partial charge is 0.493 e. The van der Waals surface area contributed by atoms with Crippen LogP contribution in [-0.4, -0.2) is 46.0 Å². The van der Waals surface area contributed by atoms with Crippen molar-refractivity contribution in [1.82, 2.24) is 9.55 Å². The van der Waals surface area contributed by atoms with Crippen LogP contribution < -0.4 is 9.47 Å². The number of ketones is 1. The van der Waals surface area contributed by atoms with Gasteiger partial charge in [-0.3, -0.25) is 9.00 Å². The molecule has 0 fully saturated rings. The Labute approximate surface area is 269 Å². The first-order chi connectivity index (χ1) is 21.9. The van der Waals surface area contributed by atoms with E-state index >= 15 is 0 Å².